The minimum absolute atomic E-state index is 0.00710. The van der Waals surface area contributed by atoms with E-state index in [1.807, 2.05) is 53.8 Å². The molecule has 1 aliphatic rings. The SMILES string of the molecule is O=C(O)CCCCNC(=O)C(CC(F)(F)F)NC(=O)OCC1c2ccccc2-c2ccccc21. The van der Waals surface area contributed by atoms with E-state index in [9.17, 15) is 27.6 Å². The lowest BCUT2D eigenvalue weighted by Crippen LogP contribution is -2.49. The van der Waals surface area contributed by atoms with Crippen LogP contribution in [0.25, 0.3) is 11.1 Å². The standard InChI is InChI=1S/C24H25F3N2O5/c25-24(26,27)13-20(22(32)28-12-6-5-11-21(30)31)29-23(33)34-14-19-17-9-3-1-7-15(17)16-8-2-4-10-18(16)19/h1-4,7-10,19-20H,5-6,11-14H2,(H,28,32)(H,29,33)(H,30,31). The van der Waals surface area contributed by atoms with E-state index in [0.717, 1.165) is 22.3 Å². The molecule has 0 aliphatic heterocycles. The molecule has 2 aromatic rings. The molecule has 1 atom stereocenters. The summed E-state index contributed by atoms with van der Waals surface area (Å²) in [5.74, 6) is -2.29. The van der Waals surface area contributed by atoms with Gasteiger partial charge in [-0.1, -0.05) is 48.5 Å². The van der Waals surface area contributed by atoms with Crippen LogP contribution in [0.2, 0.25) is 0 Å². The first-order valence-electron chi connectivity index (χ1n) is 10.8. The summed E-state index contributed by atoms with van der Waals surface area (Å²) in [6.45, 7) is -0.109. The molecule has 1 unspecified atom stereocenters. The van der Waals surface area contributed by atoms with E-state index in [0.29, 0.717) is 0 Å². The second-order valence-corrected chi connectivity index (χ2v) is 7.98. The Balaban J connectivity index is 1.59. The largest absolute Gasteiger partial charge is 0.481 e. The monoisotopic (exact) mass is 478 g/mol. The van der Waals surface area contributed by atoms with Gasteiger partial charge in [0, 0.05) is 18.9 Å². The number of carboxylic acid groups (broad SMARTS) is 1. The Kier molecular flexibility index (Phi) is 8.14. The average molecular weight is 478 g/mol. The normalized spacial score (nSPS) is 13.5. The minimum atomic E-state index is -4.69. The number of amides is 2. The lowest BCUT2D eigenvalue weighted by Gasteiger charge is -2.20. The Morgan fingerprint density at radius 2 is 1.56 bits per heavy atom. The van der Waals surface area contributed by atoms with Crippen LogP contribution >= 0.6 is 0 Å². The summed E-state index contributed by atoms with van der Waals surface area (Å²) in [6.07, 6.45) is -6.95. The number of aliphatic carboxylic acids is 1. The Morgan fingerprint density at radius 1 is 0.971 bits per heavy atom. The van der Waals surface area contributed by atoms with Gasteiger partial charge in [0.2, 0.25) is 5.91 Å². The highest BCUT2D eigenvalue weighted by molar-refractivity contribution is 5.85. The second-order valence-electron chi connectivity index (χ2n) is 7.98. The molecule has 0 saturated heterocycles. The van der Waals surface area contributed by atoms with Crippen molar-refractivity contribution < 1.29 is 37.4 Å². The first kappa shape index (κ1) is 25.1. The molecule has 0 heterocycles. The van der Waals surface area contributed by atoms with Crippen molar-refractivity contribution in [3.05, 3.63) is 59.7 Å². The number of halogens is 3. The number of carbonyl (C=O) groups is 3. The molecule has 0 aromatic heterocycles. The van der Waals surface area contributed by atoms with E-state index in [-0.39, 0.29) is 38.3 Å². The Bertz CT molecular complexity index is 996. The molecule has 182 valence electrons. The van der Waals surface area contributed by atoms with Gasteiger partial charge < -0.3 is 20.5 Å². The fourth-order valence-corrected chi connectivity index (χ4v) is 3.96. The number of rotatable bonds is 10. The molecule has 10 heteroatoms. The predicted molar refractivity (Wildman–Crippen MR) is 117 cm³/mol. The summed E-state index contributed by atoms with van der Waals surface area (Å²) in [6, 6.07) is 13.4. The number of carbonyl (C=O) groups excluding carboxylic acids is 2. The van der Waals surface area contributed by atoms with Crippen molar-refractivity contribution in [2.75, 3.05) is 13.2 Å². The molecule has 0 fully saturated rings. The first-order chi connectivity index (χ1) is 16.2. The van der Waals surface area contributed by atoms with Crippen LogP contribution in [-0.2, 0) is 14.3 Å². The summed E-state index contributed by atoms with van der Waals surface area (Å²) in [5, 5.41) is 12.9. The molecular weight excluding hydrogens is 453 g/mol. The van der Waals surface area contributed by atoms with Crippen molar-refractivity contribution in [2.24, 2.45) is 0 Å². The number of ether oxygens (including phenoxy) is 1. The van der Waals surface area contributed by atoms with Crippen LogP contribution in [0, 0.1) is 0 Å². The van der Waals surface area contributed by atoms with Crippen LogP contribution in [0.1, 0.15) is 42.7 Å². The van der Waals surface area contributed by atoms with Crippen molar-refractivity contribution in [3.8, 4) is 11.1 Å². The Labute approximate surface area is 194 Å². The van der Waals surface area contributed by atoms with Gasteiger partial charge in [-0.15, -0.1) is 0 Å². The van der Waals surface area contributed by atoms with Crippen LogP contribution in [0.5, 0.6) is 0 Å². The van der Waals surface area contributed by atoms with Crippen molar-refractivity contribution >= 4 is 18.0 Å². The summed E-state index contributed by atoms with van der Waals surface area (Å²) < 4.78 is 44.2. The molecule has 0 radical (unpaired) electrons. The second kappa shape index (κ2) is 11.0. The smallest absolute Gasteiger partial charge is 0.407 e. The molecule has 1 aliphatic carbocycles. The maximum absolute atomic E-state index is 13.0. The van der Waals surface area contributed by atoms with E-state index < -0.39 is 36.6 Å². The van der Waals surface area contributed by atoms with Gasteiger partial charge in [0.1, 0.15) is 12.6 Å². The highest BCUT2D eigenvalue weighted by Crippen LogP contribution is 2.44. The van der Waals surface area contributed by atoms with E-state index >= 15 is 0 Å². The third kappa shape index (κ3) is 6.72. The zero-order chi connectivity index (χ0) is 24.7. The van der Waals surface area contributed by atoms with Crippen molar-refractivity contribution in [1.29, 1.82) is 0 Å². The van der Waals surface area contributed by atoms with Gasteiger partial charge in [0.05, 0.1) is 6.42 Å². The molecule has 0 saturated carbocycles. The number of alkyl carbamates (subject to hydrolysis) is 1. The number of unbranched alkanes of at least 4 members (excludes halogenated alkanes) is 1. The summed E-state index contributed by atoms with van der Waals surface area (Å²) in [4.78, 5) is 35.1. The zero-order valence-corrected chi connectivity index (χ0v) is 18.2. The number of nitrogens with one attached hydrogen (secondary N) is 2. The lowest BCUT2D eigenvalue weighted by molar-refractivity contribution is -0.149. The van der Waals surface area contributed by atoms with Gasteiger partial charge in [0.15, 0.2) is 0 Å². The lowest BCUT2D eigenvalue weighted by atomic mass is 9.98. The molecule has 2 amide bonds. The van der Waals surface area contributed by atoms with Crippen LogP contribution in [-0.4, -0.2) is 48.4 Å². The fourth-order valence-electron chi connectivity index (χ4n) is 3.96. The summed E-state index contributed by atoms with van der Waals surface area (Å²) in [7, 11) is 0. The molecule has 3 rings (SSSR count). The van der Waals surface area contributed by atoms with Crippen molar-refractivity contribution in [1.82, 2.24) is 10.6 Å². The predicted octanol–water partition coefficient (Wildman–Crippen LogP) is 4.22. The topological polar surface area (TPSA) is 105 Å². The van der Waals surface area contributed by atoms with Gasteiger partial charge >= 0.3 is 18.2 Å². The minimum Gasteiger partial charge on any atom is -0.481 e. The average Bonchev–Trinajstić information content (AvgIpc) is 3.09. The van der Waals surface area contributed by atoms with Crippen LogP contribution in [0.15, 0.2) is 48.5 Å². The molecule has 34 heavy (non-hydrogen) atoms. The highest BCUT2D eigenvalue weighted by atomic mass is 19.4. The van der Waals surface area contributed by atoms with Gasteiger partial charge in [-0.2, -0.15) is 13.2 Å². The Hall–Kier alpha value is -3.56. The van der Waals surface area contributed by atoms with E-state index in [2.05, 4.69) is 5.32 Å². The van der Waals surface area contributed by atoms with E-state index in [1.165, 1.54) is 0 Å². The van der Waals surface area contributed by atoms with Crippen molar-refractivity contribution in [3.63, 3.8) is 0 Å². The van der Waals surface area contributed by atoms with Crippen molar-refractivity contribution in [2.45, 2.75) is 43.8 Å². The number of benzene rings is 2. The molecule has 0 spiro atoms. The number of carboxylic acids is 1. The van der Waals surface area contributed by atoms with Crippen LogP contribution in [0.3, 0.4) is 0 Å². The molecule has 2 aromatic carbocycles. The summed E-state index contributed by atoms with van der Waals surface area (Å²) >= 11 is 0. The number of hydrogen-bond donors (Lipinski definition) is 3. The molecular formula is C24H25F3N2O5. The zero-order valence-electron chi connectivity index (χ0n) is 18.2. The number of alkyl halides is 3. The maximum atomic E-state index is 13.0. The number of hydrogen-bond acceptors (Lipinski definition) is 4. The van der Waals surface area contributed by atoms with E-state index in [1.54, 1.807) is 0 Å². The van der Waals surface area contributed by atoms with Gasteiger partial charge in [0.25, 0.3) is 0 Å². The first-order valence-corrected chi connectivity index (χ1v) is 10.8. The van der Waals surface area contributed by atoms with E-state index in [4.69, 9.17) is 9.84 Å². The quantitative estimate of drug-likeness (QED) is 0.444. The number of fused-ring (bicyclic) bond motifs is 3. The van der Waals surface area contributed by atoms with Crippen LogP contribution in [0.4, 0.5) is 18.0 Å². The Morgan fingerprint density at radius 3 is 2.12 bits per heavy atom. The summed E-state index contributed by atoms with van der Waals surface area (Å²) in [5.41, 5.74) is 3.90. The molecule has 0 bridgehead atoms. The molecule has 3 N–H and O–H groups in total. The maximum Gasteiger partial charge on any atom is 0.407 e. The third-order valence-corrected chi connectivity index (χ3v) is 5.50. The van der Waals surface area contributed by atoms with Gasteiger partial charge in [-0.05, 0) is 35.1 Å². The van der Waals surface area contributed by atoms with Gasteiger partial charge in [-0.3, -0.25) is 9.59 Å². The van der Waals surface area contributed by atoms with Crippen LogP contribution < -0.4 is 10.6 Å². The molecule has 7 nitrogen and oxygen atoms in total. The third-order valence-electron chi connectivity index (χ3n) is 5.50. The van der Waals surface area contributed by atoms with Gasteiger partial charge in [-0.25, -0.2) is 4.79 Å². The fraction of sp³-hybridized carbons (Fsp3) is 0.375. The highest BCUT2D eigenvalue weighted by Gasteiger charge is 2.37.